The molecule has 0 atom stereocenters. The molecule has 5 heteroatoms. The number of nitrogens with zero attached hydrogens (tertiary/aromatic N) is 1. The zero-order valence-electron chi connectivity index (χ0n) is 8.87. The first-order valence-corrected chi connectivity index (χ1v) is 4.70. The van der Waals surface area contributed by atoms with Crippen LogP contribution < -0.4 is 5.32 Å². The number of carbonyl (C=O) groups is 1. The van der Waals surface area contributed by atoms with E-state index in [2.05, 4.69) is 22.9 Å². The largest absolute Gasteiger partial charge is 0.444 e. The van der Waals surface area contributed by atoms with Crippen molar-refractivity contribution in [2.75, 3.05) is 0 Å². The van der Waals surface area contributed by atoms with E-state index < -0.39 is 11.7 Å². The standard InChI is InChI=1S/C9H16N2O2S/c1-7(10-5-6-14)11-8(12)13-9(2,3)4/h5-6,14H,1-4H3,(H,10,11,12)/b6-5-. The minimum Gasteiger partial charge on any atom is -0.444 e. The third kappa shape index (κ3) is 7.67. The molecule has 0 aliphatic heterocycles. The van der Waals surface area contributed by atoms with Crippen molar-refractivity contribution in [3.8, 4) is 0 Å². The SMILES string of the molecule is C/C(=N\C=C/S)NC(=O)OC(C)(C)C. The fourth-order valence-electron chi connectivity index (χ4n) is 0.629. The molecule has 0 aromatic rings. The smallest absolute Gasteiger partial charge is 0.413 e. The maximum atomic E-state index is 11.2. The Bertz CT molecular complexity index is 254. The number of alkyl carbamates (subject to hydrolysis) is 1. The topological polar surface area (TPSA) is 50.7 Å². The number of hydrogen-bond donors (Lipinski definition) is 2. The van der Waals surface area contributed by atoms with Gasteiger partial charge in [-0.25, -0.2) is 9.79 Å². The van der Waals surface area contributed by atoms with E-state index in [-0.39, 0.29) is 0 Å². The maximum Gasteiger partial charge on any atom is 0.413 e. The molecule has 1 N–H and O–H groups in total. The van der Waals surface area contributed by atoms with Gasteiger partial charge in [0.25, 0.3) is 0 Å². The fourth-order valence-corrected chi connectivity index (χ4v) is 0.695. The van der Waals surface area contributed by atoms with Crippen LogP contribution in [0.1, 0.15) is 27.7 Å². The molecule has 0 aliphatic rings. The number of carbonyl (C=O) groups excluding carboxylic acids is 1. The lowest BCUT2D eigenvalue weighted by atomic mass is 10.2. The Labute approximate surface area is 89.8 Å². The van der Waals surface area contributed by atoms with Crippen LogP contribution in [0.15, 0.2) is 16.6 Å². The van der Waals surface area contributed by atoms with Crippen molar-refractivity contribution in [1.82, 2.24) is 5.32 Å². The molecule has 14 heavy (non-hydrogen) atoms. The van der Waals surface area contributed by atoms with Crippen LogP contribution in [0.3, 0.4) is 0 Å². The lowest BCUT2D eigenvalue weighted by Gasteiger charge is -2.19. The van der Waals surface area contributed by atoms with Gasteiger partial charge >= 0.3 is 6.09 Å². The second-order valence-electron chi connectivity index (χ2n) is 3.64. The zero-order chi connectivity index (χ0) is 11.2. The van der Waals surface area contributed by atoms with Gasteiger partial charge in [-0.1, -0.05) is 0 Å². The Morgan fingerprint density at radius 2 is 2.07 bits per heavy atom. The van der Waals surface area contributed by atoms with Crippen LogP contribution in [-0.4, -0.2) is 17.5 Å². The van der Waals surface area contributed by atoms with Crippen LogP contribution in [-0.2, 0) is 4.74 Å². The summed E-state index contributed by atoms with van der Waals surface area (Å²) in [6.07, 6.45) is 0.960. The molecule has 1 amide bonds. The minimum atomic E-state index is -0.508. The van der Waals surface area contributed by atoms with Gasteiger partial charge < -0.3 is 4.74 Å². The predicted molar refractivity (Wildman–Crippen MR) is 60.6 cm³/mol. The van der Waals surface area contributed by atoms with Crippen molar-refractivity contribution in [2.45, 2.75) is 33.3 Å². The van der Waals surface area contributed by atoms with E-state index in [0.717, 1.165) is 0 Å². The third-order valence-electron chi connectivity index (χ3n) is 1.02. The Kier molecular flexibility index (Phi) is 5.30. The maximum absolute atomic E-state index is 11.2. The molecule has 0 radical (unpaired) electrons. The van der Waals surface area contributed by atoms with Crippen LogP contribution in [0.25, 0.3) is 0 Å². The molecule has 0 heterocycles. The van der Waals surface area contributed by atoms with Gasteiger partial charge in [-0.2, -0.15) is 0 Å². The van der Waals surface area contributed by atoms with Crippen molar-refractivity contribution in [2.24, 2.45) is 4.99 Å². The summed E-state index contributed by atoms with van der Waals surface area (Å²) in [6, 6.07) is 0. The second kappa shape index (κ2) is 5.70. The van der Waals surface area contributed by atoms with Gasteiger partial charge in [0.2, 0.25) is 0 Å². The lowest BCUT2D eigenvalue weighted by Crippen LogP contribution is -2.35. The van der Waals surface area contributed by atoms with Crippen LogP contribution >= 0.6 is 12.6 Å². The normalized spacial score (nSPS) is 13.1. The van der Waals surface area contributed by atoms with Crippen molar-refractivity contribution in [3.05, 3.63) is 11.6 Å². The van der Waals surface area contributed by atoms with Gasteiger partial charge in [-0.3, -0.25) is 5.32 Å². The Hall–Kier alpha value is -0.970. The van der Waals surface area contributed by atoms with Gasteiger partial charge in [0.05, 0.1) is 0 Å². The summed E-state index contributed by atoms with van der Waals surface area (Å²) < 4.78 is 5.01. The first-order chi connectivity index (χ1) is 6.35. The van der Waals surface area contributed by atoms with E-state index in [1.54, 1.807) is 27.7 Å². The average Bonchev–Trinajstić information content (AvgIpc) is 1.96. The first kappa shape index (κ1) is 13.0. The van der Waals surface area contributed by atoms with E-state index >= 15 is 0 Å². The van der Waals surface area contributed by atoms with Gasteiger partial charge in [-0.05, 0) is 33.1 Å². The van der Waals surface area contributed by atoms with Crippen molar-refractivity contribution in [1.29, 1.82) is 0 Å². The van der Waals surface area contributed by atoms with Gasteiger partial charge in [-0.15, -0.1) is 12.6 Å². The summed E-state index contributed by atoms with van der Waals surface area (Å²) in [4.78, 5) is 15.0. The highest BCUT2D eigenvalue weighted by Gasteiger charge is 2.15. The number of hydrogen-bond acceptors (Lipinski definition) is 4. The van der Waals surface area contributed by atoms with E-state index in [1.165, 1.54) is 11.6 Å². The molecule has 4 nitrogen and oxygen atoms in total. The highest BCUT2D eigenvalue weighted by molar-refractivity contribution is 7.83. The number of amidine groups is 1. The quantitative estimate of drug-likeness (QED) is 0.401. The number of thiol groups is 1. The van der Waals surface area contributed by atoms with Crippen molar-refractivity contribution >= 4 is 24.6 Å². The fraction of sp³-hybridized carbons (Fsp3) is 0.556. The Morgan fingerprint density at radius 1 is 1.50 bits per heavy atom. The molecule has 0 saturated heterocycles. The molecule has 0 bridgehead atoms. The predicted octanol–water partition coefficient (Wildman–Crippen LogP) is 2.33. The molecule has 80 valence electrons. The highest BCUT2D eigenvalue weighted by Crippen LogP contribution is 2.06. The van der Waals surface area contributed by atoms with Crippen molar-refractivity contribution < 1.29 is 9.53 Å². The van der Waals surface area contributed by atoms with Crippen LogP contribution in [0.5, 0.6) is 0 Å². The molecule has 0 spiro atoms. The van der Waals surface area contributed by atoms with Gasteiger partial charge in [0.1, 0.15) is 11.4 Å². The summed E-state index contributed by atoms with van der Waals surface area (Å²) in [6.45, 7) is 7.06. The molecular formula is C9H16N2O2S. The zero-order valence-corrected chi connectivity index (χ0v) is 9.76. The molecule has 0 saturated carbocycles. The minimum absolute atomic E-state index is 0.463. The average molecular weight is 216 g/mol. The number of ether oxygens (including phenoxy) is 1. The number of rotatable bonds is 1. The lowest BCUT2D eigenvalue weighted by molar-refractivity contribution is 0.0563. The Morgan fingerprint density at radius 3 is 2.50 bits per heavy atom. The molecule has 0 aliphatic carbocycles. The highest BCUT2D eigenvalue weighted by atomic mass is 32.1. The number of aliphatic imine (C=N–C) groups is 1. The van der Waals surface area contributed by atoms with Crippen LogP contribution in [0.4, 0.5) is 4.79 Å². The molecule has 0 fully saturated rings. The third-order valence-corrected chi connectivity index (χ3v) is 1.15. The number of nitrogens with one attached hydrogen (secondary N) is 1. The summed E-state index contributed by atoms with van der Waals surface area (Å²) in [5.41, 5.74) is -0.496. The second-order valence-corrected chi connectivity index (χ2v) is 3.94. The summed E-state index contributed by atoms with van der Waals surface area (Å²) >= 11 is 3.82. The van der Waals surface area contributed by atoms with E-state index in [0.29, 0.717) is 5.84 Å². The van der Waals surface area contributed by atoms with E-state index in [1.807, 2.05) is 0 Å². The molecule has 0 rings (SSSR count). The summed E-state index contributed by atoms with van der Waals surface area (Å²) in [5.74, 6) is 0.463. The Balaban J connectivity index is 4.07. The van der Waals surface area contributed by atoms with Gasteiger partial charge in [0.15, 0.2) is 0 Å². The molecule has 0 unspecified atom stereocenters. The summed E-state index contributed by atoms with van der Waals surface area (Å²) in [7, 11) is 0. The first-order valence-electron chi connectivity index (χ1n) is 4.19. The van der Waals surface area contributed by atoms with E-state index in [4.69, 9.17) is 4.74 Å². The number of amides is 1. The van der Waals surface area contributed by atoms with E-state index in [9.17, 15) is 4.79 Å². The molecule has 0 aromatic carbocycles. The van der Waals surface area contributed by atoms with Crippen LogP contribution in [0.2, 0.25) is 0 Å². The monoisotopic (exact) mass is 216 g/mol. The summed E-state index contributed by atoms with van der Waals surface area (Å²) in [5, 5.41) is 3.95. The van der Waals surface area contributed by atoms with Crippen LogP contribution in [0, 0.1) is 0 Å². The van der Waals surface area contributed by atoms with Gasteiger partial charge in [0, 0.05) is 6.20 Å². The van der Waals surface area contributed by atoms with Crippen molar-refractivity contribution in [3.63, 3.8) is 0 Å². The molecular weight excluding hydrogens is 200 g/mol. The molecule has 0 aromatic heterocycles.